The third-order valence-corrected chi connectivity index (χ3v) is 5.02. The van der Waals surface area contributed by atoms with Crippen molar-refractivity contribution in [1.29, 1.82) is 0 Å². The summed E-state index contributed by atoms with van der Waals surface area (Å²) in [6.45, 7) is 2.40. The molecule has 0 unspecified atom stereocenters. The van der Waals surface area contributed by atoms with Gasteiger partial charge < -0.3 is 10.1 Å². The van der Waals surface area contributed by atoms with E-state index >= 15 is 0 Å². The zero-order valence-electron chi connectivity index (χ0n) is 14.8. The van der Waals surface area contributed by atoms with E-state index in [1.807, 2.05) is 79.7 Å². The smallest absolute Gasteiger partial charge is 0.251 e. The lowest BCUT2D eigenvalue weighted by molar-refractivity contribution is 0.0951. The summed E-state index contributed by atoms with van der Waals surface area (Å²) in [6.07, 6.45) is 0. The summed E-state index contributed by atoms with van der Waals surface area (Å²) in [5.41, 5.74) is 2.55. The van der Waals surface area contributed by atoms with Crippen molar-refractivity contribution in [1.82, 2.24) is 10.3 Å². The number of nitrogens with zero attached hydrogens (tertiary/aromatic N) is 1. The first kappa shape index (κ1) is 17.2. The van der Waals surface area contributed by atoms with Gasteiger partial charge in [0.15, 0.2) is 0 Å². The normalized spacial score (nSPS) is 10.7. The van der Waals surface area contributed by atoms with Gasteiger partial charge in [0.1, 0.15) is 11.5 Å². The Kier molecular flexibility index (Phi) is 4.85. The molecule has 27 heavy (non-hydrogen) atoms. The van der Waals surface area contributed by atoms with Crippen LogP contribution < -0.4 is 10.1 Å². The first-order valence-electron chi connectivity index (χ1n) is 8.65. The molecule has 1 N–H and O–H groups in total. The van der Waals surface area contributed by atoms with Crippen LogP contribution in [0, 0.1) is 6.92 Å². The number of carbonyl (C=O) groups is 1. The Balaban J connectivity index is 1.43. The largest absolute Gasteiger partial charge is 0.457 e. The minimum atomic E-state index is -0.0997. The van der Waals surface area contributed by atoms with Gasteiger partial charge in [-0.15, -0.1) is 11.3 Å². The predicted octanol–water partition coefficient (Wildman–Crippen LogP) is 5.33. The highest BCUT2D eigenvalue weighted by atomic mass is 32.1. The lowest BCUT2D eigenvalue weighted by atomic mass is 10.2. The number of thiazole rings is 1. The highest BCUT2D eigenvalue weighted by Crippen LogP contribution is 2.23. The van der Waals surface area contributed by atoms with E-state index in [2.05, 4.69) is 10.3 Å². The minimum Gasteiger partial charge on any atom is -0.457 e. The van der Waals surface area contributed by atoms with Crippen molar-refractivity contribution < 1.29 is 9.53 Å². The van der Waals surface area contributed by atoms with Gasteiger partial charge in [-0.1, -0.05) is 30.3 Å². The number of rotatable bonds is 5. The molecule has 0 aliphatic carbocycles. The maximum atomic E-state index is 12.5. The standard InChI is InChI=1S/C22H18N2O2S/c1-15-24-20-11-10-17(13-21(20)27-15)22(25)23-14-16-6-5-9-19(12-16)26-18-7-3-2-4-8-18/h2-13H,14H2,1H3,(H,23,25). The van der Waals surface area contributed by atoms with E-state index in [0.29, 0.717) is 12.1 Å². The fourth-order valence-corrected chi connectivity index (χ4v) is 3.68. The molecule has 4 aromatic rings. The van der Waals surface area contributed by atoms with E-state index in [4.69, 9.17) is 4.74 Å². The Morgan fingerprint density at radius 2 is 1.81 bits per heavy atom. The number of hydrogen-bond acceptors (Lipinski definition) is 4. The van der Waals surface area contributed by atoms with E-state index in [1.54, 1.807) is 11.3 Å². The number of ether oxygens (including phenoxy) is 1. The monoisotopic (exact) mass is 374 g/mol. The molecule has 0 fully saturated rings. The van der Waals surface area contributed by atoms with Gasteiger partial charge in [-0.25, -0.2) is 4.98 Å². The number of nitrogens with one attached hydrogen (secondary N) is 1. The molecule has 4 rings (SSSR count). The minimum absolute atomic E-state index is 0.0997. The topological polar surface area (TPSA) is 51.2 Å². The van der Waals surface area contributed by atoms with Crippen LogP contribution in [0.1, 0.15) is 20.9 Å². The molecule has 0 atom stereocenters. The molecule has 5 heteroatoms. The SMILES string of the molecule is Cc1nc2ccc(C(=O)NCc3cccc(Oc4ccccc4)c3)cc2s1. The van der Waals surface area contributed by atoms with Crippen molar-refractivity contribution in [2.45, 2.75) is 13.5 Å². The first-order valence-corrected chi connectivity index (χ1v) is 9.46. The molecule has 0 spiro atoms. The molecule has 0 saturated carbocycles. The summed E-state index contributed by atoms with van der Waals surface area (Å²) in [5.74, 6) is 1.43. The van der Waals surface area contributed by atoms with Gasteiger partial charge in [-0.05, 0) is 55.0 Å². The van der Waals surface area contributed by atoms with Gasteiger partial charge in [0.05, 0.1) is 15.2 Å². The van der Waals surface area contributed by atoms with E-state index in [1.165, 1.54) is 0 Å². The quantitative estimate of drug-likeness (QED) is 0.514. The molecule has 0 bridgehead atoms. The van der Waals surface area contributed by atoms with Crippen LogP contribution in [0.25, 0.3) is 10.2 Å². The average molecular weight is 374 g/mol. The molecule has 0 radical (unpaired) electrons. The Morgan fingerprint density at radius 3 is 2.67 bits per heavy atom. The van der Waals surface area contributed by atoms with Gasteiger partial charge in [-0.2, -0.15) is 0 Å². The summed E-state index contributed by atoms with van der Waals surface area (Å²) in [4.78, 5) is 16.9. The summed E-state index contributed by atoms with van der Waals surface area (Å²) in [5, 5.41) is 3.97. The van der Waals surface area contributed by atoms with Crippen LogP contribution in [-0.2, 0) is 6.54 Å². The van der Waals surface area contributed by atoms with Crippen LogP contribution >= 0.6 is 11.3 Å². The molecule has 134 valence electrons. The molecule has 4 nitrogen and oxygen atoms in total. The number of benzene rings is 3. The van der Waals surface area contributed by atoms with Crippen LogP contribution in [0.4, 0.5) is 0 Å². The zero-order valence-corrected chi connectivity index (χ0v) is 15.6. The maximum Gasteiger partial charge on any atom is 0.251 e. The maximum absolute atomic E-state index is 12.5. The molecule has 3 aromatic carbocycles. The van der Waals surface area contributed by atoms with Crippen LogP contribution in [0.3, 0.4) is 0 Å². The molecule has 0 aliphatic heterocycles. The fourth-order valence-electron chi connectivity index (χ4n) is 2.81. The van der Waals surface area contributed by atoms with Crippen LogP contribution in [-0.4, -0.2) is 10.9 Å². The lowest BCUT2D eigenvalue weighted by Crippen LogP contribution is -2.22. The van der Waals surface area contributed by atoms with Crippen molar-refractivity contribution >= 4 is 27.5 Å². The van der Waals surface area contributed by atoms with E-state index in [-0.39, 0.29) is 5.91 Å². The summed E-state index contributed by atoms with van der Waals surface area (Å²) in [6, 6.07) is 22.9. The Morgan fingerprint density at radius 1 is 1.00 bits per heavy atom. The third-order valence-electron chi connectivity index (χ3n) is 4.09. The number of carbonyl (C=O) groups excluding carboxylic acids is 1. The van der Waals surface area contributed by atoms with Crippen LogP contribution in [0.2, 0.25) is 0 Å². The number of amides is 1. The molecule has 0 saturated heterocycles. The second-order valence-electron chi connectivity index (χ2n) is 6.16. The summed E-state index contributed by atoms with van der Waals surface area (Å²) in [7, 11) is 0. The summed E-state index contributed by atoms with van der Waals surface area (Å²) >= 11 is 1.59. The molecule has 1 aromatic heterocycles. The Bertz CT molecular complexity index is 1090. The number of para-hydroxylation sites is 1. The van der Waals surface area contributed by atoms with E-state index in [0.717, 1.165) is 32.3 Å². The highest BCUT2D eigenvalue weighted by Gasteiger charge is 2.09. The zero-order chi connectivity index (χ0) is 18.6. The van der Waals surface area contributed by atoms with Crippen LogP contribution in [0.5, 0.6) is 11.5 Å². The third kappa shape index (κ3) is 4.15. The van der Waals surface area contributed by atoms with E-state index < -0.39 is 0 Å². The number of aromatic nitrogens is 1. The average Bonchev–Trinajstić information content (AvgIpc) is 3.06. The van der Waals surface area contributed by atoms with Gasteiger partial charge >= 0.3 is 0 Å². The first-order chi connectivity index (χ1) is 13.2. The number of aryl methyl sites for hydroxylation is 1. The fraction of sp³-hybridized carbons (Fsp3) is 0.0909. The lowest BCUT2D eigenvalue weighted by Gasteiger charge is -2.09. The van der Waals surface area contributed by atoms with Gasteiger partial charge in [-0.3, -0.25) is 4.79 Å². The highest BCUT2D eigenvalue weighted by molar-refractivity contribution is 7.18. The van der Waals surface area contributed by atoms with Gasteiger partial charge in [0.2, 0.25) is 0 Å². The van der Waals surface area contributed by atoms with Crippen molar-refractivity contribution in [2.24, 2.45) is 0 Å². The second-order valence-corrected chi connectivity index (χ2v) is 7.40. The van der Waals surface area contributed by atoms with Crippen molar-refractivity contribution in [3.8, 4) is 11.5 Å². The van der Waals surface area contributed by atoms with E-state index in [9.17, 15) is 4.79 Å². The van der Waals surface area contributed by atoms with Gasteiger partial charge in [0, 0.05) is 12.1 Å². The summed E-state index contributed by atoms with van der Waals surface area (Å²) < 4.78 is 6.87. The van der Waals surface area contributed by atoms with Crippen LogP contribution in [0.15, 0.2) is 72.8 Å². The Hall–Kier alpha value is -3.18. The van der Waals surface area contributed by atoms with Crippen molar-refractivity contribution in [3.63, 3.8) is 0 Å². The van der Waals surface area contributed by atoms with Crippen molar-refractivity contribution in [2.75, 3.05) is 0 Å². The number of hydrogen-bond donors (Lipinski definition) is 1. The van der Waals surface area contributed by atoms with Crippen molar-refractivity contribution in [3.05, 3.63) is 88.9 Å². The number of fused-ring (bicyclic) bond motifs is 1. The molecular formula is C22H18N2O2S. The molecule has 1 heterocycles. The molecule has 0 aliphatic rings. The Labute approximate surface area is 161 Å². The molecular weight excluding hydrogens is 356 g/mol. The predicted molar refractivity (Wildman–Crippen MR) is 108 cm³/mol. The van der Waals surface area contributed by atoms with Gasteiger partial charge in [0.25, 0.3) is 5.91 Å². The second kappa shape index (κ2) is 7.60. The molecule has 1 amide bonds.